The molecule has 0 spiro atoms. The largest absolute Gasteiger partial charge is 0.369 e. The van der Waals surface area contributed by atoms with Gasteiger partial charge < -0.3 is 5.73 Å². The van der Waals surface area contributed by atoms with Crippen LogP contribution in [-0.2, 0) is 4.79 Å². The van der Waals surface area contributed by atoms with Gasteiger partial charge in [-0.15, -0.1) is 0 Å². The first kappa shape index (κ1) is 7.28. The van der Waals surface area contributed by atoms with Crippen LogP contribution in [0.1, 0.15) is 18.4 Å². The first-order chi connectivity index (χ1) is 4.72. The third kappa shape index (κ3) is 1.36. The average Bonchev–Trinajstić information content (AvgIpc) is 2.36. The minimum atomic E-state index is -0.265. The van der Waals surface area contributed by atoms with Gasteiger partial charge in [0.25, 0.3) is 0 Å². The number of carbonyl (C=O) groups is 1. The Hall–Kier alpha value is -0.830. The minimum Gasteiger partial charge on any atom is -0.369 e. The van der Waals surface area contributed by atoms with Crippen molar-refractivity contribution in [2.75, 3.05) is 0 Å². The van der Waals surface area contributed by atoms with Gasteiger partial charge in [0.05, 0.1) is 5.92 Å². The van der Waals surface area contributed by atoms with E-state index in [0.29, 0.717) is 0 Å². The highest BCUT2D eigenvalue weighted by molar-refractivity contribution is 7.08. The molecule has 2 N–H and O–H groups in total. The molecule has 0 saturated carbocycles. The van der Waals surface area contributed by atoms with Gasteiger partial charge in [-0.3, -0.25) is 4.79 Å². The third-order valence-corrected chi connectivity index (χ3v) is 2.17. The van der Waals surface area contributed by atoms with Crippen molar-refractivity contribution in [3.05, 3.63) is 22.4 Å². The summed E-state index contributed by atoms with van der Waals surface area (Å²) < 4.78 is 0. The maximum Gasteiger partial charge on any atom is 0.224 e. The zero-order valence-corrected chi connectivity index (χ0v) is 6.52. The lowest BCUT2D eigenvalue weighted by Gasteiger charge is -2.01. The Bertz CT molecular complexity index is 218. The van der Waals surface area contributed by atoms with Crippen molar-refractivity contribution in [1.82, 2.24) is 0 Å². The van der Waals surface area contributed by atoms with Crippen LogP contribution in [0.4, 0.5) is 0 Å². The molecule has 0 aliphatic rings. The molecular weight excluding hydrogens is 146 g/mol. The lowest BCUT2D eigenvalue weighted by Crippen LogP contribution is -2.18. The van der Waals surface area contributed by atoms with Crippen molar-refractivity contribution in [3.8, 4) is 0 Å². The monoisotopic (exact) mass is 155 g/mol. The van der Waals surface area contributed by atoms with Gasteiger partial charge in [0, 0.05) is 0 Å². The molecule has 1 unspecified atom stereocenters. The molecule has 1 aromatic rings. The van der Waals surface area contributed by atoms with E-state index in [4.69, 9.17) is 5.73 Å². The zero-order chi connectivity index (χ0) is 7.56. The van der Waals surface area contributed by atoms with E-state index in [0.717, 1.165) is 5.56 Å². The summed E-state index contributed by atoms with van der Waals surface area (Å²) in [7, 11) is 0. The van der Waals surface area contributed by atoms with Crippen LogP contribution in [0.15, 0.2) is 16.8 Å². The first-order valence-electron chi connectivity index (χ1n) is 3.03. The fraction of sp³-hybridized carbons (Fsp3) is 0.286. The molecule has 1 heterocycles. The number of amides is 1. The number of hydrogen-bond donors (Lipinski definition) is 1. The summed E-state index contributed by atoms with van der Waals surface area (Å²) in [6.45, 7) is 1.81. The Morgan fingerprint density at radius 3 is 2.90 bits per heavy atom. The van der Waals surface area contributed by atoms with Crippen LogP contribution in [0.5, 0.6) is 0 Å². The number of hydrogen-bond acceptors (Lipinski definition) is 2. The number of thiophene rings is 1. The van der Waals surface area contributed by atoms with E-state index < -0.39 is 0 Å². The van der Waals surface area contributed by atoms with E-state index in [9.17, 15) is 4.79 Å². The van der Waals surface area contributed by atoms with Gasteiger partial charge in [0.15, 0.2) is 0 Å². The predicted molar refractivity (Wildman–Crippen MR) is 41.9 cm³/mol. The Balaban J connectivity index is 2.77. The van der Waals surface area contributed by atoms with Crippen LogP contribution in [0, 0.1) is 0 Å². The molecule has 0 radical (unpaired) electrons. The molecule has 10 heavy (non-hydrogen) atoms. The lowest BCUT2D eigenvalue weighted by atomic mass is 10.1. The summed E-state index contributed by atoms with van der Waals surface area (Å²) >= 11 is 1.58. The van der Waals surface area contributed by atoms with Gasteiger partial charge in [0.2, 0.25) is 5.91 Å². The maximum absolute atomic E-state index is 10.6. The van der Waals surface area contributed by atoms with Crippen LogP contribution in [0.25, 0.3) is 0 Å². The first-order valence-corrected chi connectivity index (χ1v) is 3.97. The summed E-state index contributed by atoms with van der Waals surface area (Å²) in [4.78, 5) is 10.6. The number of rotatable bonds is 2. The standard InChI is InChI=1S/C7H9NOS/c1-5(7(8)9)6-2-3-10-4-6/h2-5H,1H3,(H2,8,9). The normalized spacial score (nSPS) is 12.9. The van der Waals surface area contributed by atoms with Crippen LogP contribution in [-0.4, -0.2) is 5.91 Å². The van der Waals surface area contributed by atoms with Crippen molar-refractivity contribution >= 4 is 17.2 Å². The van der Waals surface area contributed by atoms with Crippen molar-refractivity contribution in [2.45, 2.75) is 12.8 Å². The van der Waals surface area contributed by atoms with E-state index in [1.165, 1.54) is 0 Å². The van der Waals surface area contributed by atoms with Crippen molar-refractivity contribution in [3.63, 3.8) is 0 Å². The molecule has 0 fully saturated rings. The summed E-state index contributed by atoms with van der Waals surface area (Å²) in [5.74, 6) is -0.412. The molecule has 1 rings (SSSR count). The second kappa shape index (κ2) is 2.84. The topological polar surface area (TPSA) is 43.1 Å². The second-order valence-electron chi connectivity index (χ2n) is 2.18. The van der Waals surface area contributed by atoms with Crippen LogP contribution in [0.2, 0.25) is 0 Å². The third-order valence-electron chi connectivity index (χ3n) is 1.47. The second-order valence-corrected chi connectivity index (χ2v) is 2.96. The van der Waals surface area contributed by atoms with Crippen molar-refractivity contribution in [1.29, 1.82) is 0 Å². The fourth-order valence-electron chi connectivity index (χ4n) is 0.686. The fourth-order valence-corrected chi connectivity index (χ4v) is 1.44. The molecule has 0 aliphatic carbocycles. The summed E-state index contributed by atoms with van der Waals surface area (Å²) in [6, 6.07) is 1.92. The average molecular weight is 155 g/mol. The number of carbonyl (C=O) groups excluding carboxylic acids is 1. The molecule has 1 aromatic heterocycles. The number of nitrogens with two attached hydrogens (primary N) is 1. The smallest absolute Gasteiger partial charge is 0.224 e. The SMILES string of the molecule is CC(C(N)=O)c1ccsc1. The number of primary amides is 1. The van der Waals surface area contributed by atoms with Gasteiger partial charge >= 0.3 is 0 Å². The minimum absolute atomic E-state index is 0.147. The van der Waals surface area contributed by atoms with Crippen LogP contribution < -0.4 is 5.73 Å². The highest BCUT2D eigenvalue weighted by atomic mass is 32.1. The maximum atomic E-state index is 10.6. The highest BCUT2D eigenvalue weighted by Crippen LogP contribution is 2.16. The summed E-state index contributed by atoms with van der Waals surface area (Å²) in [5.41, 5.74) is 6.10. The van der Waals surface area contributed by atoms with Gasteiger partial charge in [-0.25, -0.2) is 0 Å². The van der Waals surface area contributed by atoms with Crippen molar-refractivity contribution in [2.24, 2.45) is 5.73 Å². The summed E-state index contributed by atoms with van der Waals surface area (Å²) in [5, 5.41) is 3.88. The summed E-state index contributed by atoms with van der Waals surface area (Å²) in [6.07, 6.45) is 0. The van der Waals surface area contributed by atoms with Gasteiger partial charge in [-0.2, -0.15) is 11.3 Å². The molecule has 0 aliphatic heterocycles. The van der Waals surface area contributed by atoms with Gasteiger partial charge in [-0.1, -0.05) is 0 Å². The van der Waals surface area contributed by atoms with E-state index in [1.807, 2.05) is 23.8 Å². The highest BCUT2D eigenvalue weighted by Gasteiger charge is 2.10. The Kier molecular flexibility index (Phi) is 2.06. The quantitative estimate of drug-likeness (QED) is 0.688. The van der Waals surface area contributed by atoms with Gasteiger partial charge in [-0.05, 0) is 29.3 Å². The van der Waals surface area contributed by atoms with E-state index in [-0.39, 0.29) is 11.8 Å². The van der Waals surface area contributed by atoms with E-state index in [1.54, 1.807) is 11.3 Å². The Morgan fingerprint density at radius 2 is 2.50 bits per heavy atom. The molecule has 0 bridgehead atoms. The molecule has 1 atom stereocenters. The van der Waals surface area contributed by atoms with Crippen molar-refractivity contribution < 1.29 is 4.79 Å². The molecule has 1 amide bonds. The molecular formula is C7H9NOS. The van der Waals surface area contributed by atoms with Gasteiger partial charge in [0.1, 0.15) is 0 Å². The Labute approximate surface area is 63.7 Å². The Morgan fingerprint density at radius 1 is 1.80 bits per heavy atom. The lowest BCUT2D eigenvalue weighted by molar-refractivity contribution is -0.119. The zero-order valence-electron chi connectivity index (χ0n) is 5.70. The molecule has 0 saturated heterocycles. The van der Waals surface area contributed by atoms with E-state index in [2.05, 4.69) is 0 Å². The molecule has 3 heteroatoms. The molecule has 2 nitrogen and oxygen atoms in total. The van der Waals surface area contributed by atoms with Crippen LogP contribution >= 0.6 is 11.3 Å². The van der Waals surface area contributed by atoms with Crippen LogP contribution in [0.3, 0.4) is 0 Å². The predicted octanol–water partition coefficient (Wildman–Crippen LogP) is 1.34. The molecule has 0 aromatic carbocycles. The van der Waals surface area contributed by atoms with E-state index >= 15 is 0 Å². The molecule has 54 valence electrons.